The van der Waals surface area contributed by atoms with Gasteiger partial charge in [-0.05, 0) is 42.2 Å². The number of pyridine rings is 1. The highest BCUT2D eigenvalue weighted by Gasteiger charge is 2.37. The van der Waals surface area contributed by atoms with E-state index in [1.807, 2.05) is 18.6 Å². The van der Waals surface area contributed by atoms with Crippen LogP contribution in [0.1, 0.15) is 33.3 Å². The second kappa shape index (κ2) is 6.59. The third kappa shape index (κ3) is 3.01. The van der Waals surface area contributed by atoms with Crippen LogP contribution in [-0.4, -0.2) is 11.1 Å². The summed E-state index contributed by atoms with van der Waals surface area (Å²) in [6, 6.07) is 13.2. The van der Waals surface area contributed by atoms with Crippen molar-refractivity contribution in [2.24, 2.45) is 14.1 Å². The molecule has 3 aromatic rings. The van der Waals surface area contributed by atoms with Crippen LogP contribution in [0.25, 0.3) is 11.4 Å². The highest BCUT2D eigenvalue weighted by Crippen LogP contribution is 2.41. The lowest BCUT2D eigenvalue weighted by atomic mass is 9.86. The summed E-state index contributed by atoms with van der Waals surface area (Å²) in [7, 11) is 4.17. The van der Waals surface area contributed by atoms with Gasteiger partial charge in [-0.25, -0.2) is 9.47 Å². The molecule has 1 N–H and O–H groups in total. The van der Waals surface area contributed by atoms with E-state index < -0.39 is 0 Å². The summed E-state index contributed by atoms with van der Waals surface area (Å²) in [6.07, 6.45) is 5.88. The van der Waals surface area contributed by atoms with Crippen LogP contribution in [0.2, 0.25) is 0 Å². The Morgan fingerprint density at radius 2 is 1.86 bits per heavy atom. The number of hydrogen-bond acceptors (Lipinski definition) is 3. The van der Waals surface area contributed by atoms with E-state index in [1.54, 1.807) is 0 Å². The van der Waals surface area contributed by atoms with Crippen LogP contribution in [-0.2, 0) is 19.5 Å². The van der Waals surface area contributed by atoms with Crippen LogP contribution >= 0.6 is 0 Å². The highest BCUT2D eigenvalue weighted by atomic mass is 15.4. The molecule has 1 aliphatic rings. The van der Waals surface area contributed by atoms with Gasteiger partial charge in [0.2, 0.25) is 5.69 Å². The van der Waals surface area contributed by atoms with Crippen LogP contribution < -0.4 is 19.4 Å². The van der Waals surface area contributed by atoms with E-state index in [-0.39, 0.29) is 11.6 Å². The van der Waals surface area contributed by atoms with E-state index in [1.165, 1.54) is 16.9 Å². The van der Waals surface area contributed by atoms with Gasteiger partial charge in [0.1, 0.15) is 13.2 Å². The molecule has 5 heteroatoms. The molecule has 2 aromatic heterocycles. The zero-order valence-corrected chi connectivity index (χ0v) is 17.6. The van der Waals surface area contributed by atoms with Gasteiger partial charge in [-0.2, -0.15) is 4.57 Å². The molecular weight excluding hydrogens is 346 g/mol. The predicted octanol–water partition coefficient (Wildman–Crippen LogP) is 3.60. The van der Waals surface area contributed by atoms with E-state index in [9.17, 15) is 0 Å². The molecule has 4 rings (SSSR count). The van der Waals surface area contributed by atoms with Crippen LogP contribution in [0.5, 0.6) is 0 Å². The molecule has 1 aliphatic heterocycles. The van der Waals surface area contributed by atoms with Crippen LogP contribution in [0.4, 0.5) is 17.2 Å². The zero-order valence-electron chi connectivity index (χ0n) is 17.6. The topological polar surface area (TPSA) is 35.9 Å². The molecule has 0 amide bonds. The molecule has 0 aliphatic carbocycles. The van der Waals surface area contributed by atoms with Crippen molar-refractivity contribution in [3.63, 3.8) is 0 Å². The zero-order chi connectivity index (χ0) is 20.1. The Bertz CT molecular complexity index is 1040. The molecule has 1 atom stereocenters. The molecule has 3 heterocycles. The number of nitrogens with one attached hydrogen (secondary N) is 1. The lowest BCUT2D eigenvalue weighted by Gasteiger charge is -2.21. The average Bonchev–Trinajstić information content (AvgIpc) is 2.97. The summed E-state index contributed by atoms with van der Waals surface area (Å²) in [5.41, 5.74) is 6.06. The minimum atomic E-state index is 0.111. The van der Waals surface area contributed by atoms with Gasteiger partial charge in [-0.1, -0.05) is 26.8 Å². The number of nitrogens with zero attached hydrogens (tertiary/aromatic N) is 4. The van der Waals surface area contributed by atoms with Gasteiger partial charge in [-0.15, -0.1) is 0 Å². The van der Waals surface area contributed by atoms with Gasteiger partial charge in [0.05, 0.1) is 18.9 Å². The Kier molecular flexibility index (Phi) is 4.33. The van der Waals surface area contributed by atoms with Gasteiger partial charge >= 0.3 is 0 Å². The fourth-order valence-corrected chi connectivity index (χ4v) is 3.88. The normalized spacial score (nSPS) is 16.1. The van der Waals surface area contributed by atoms with E-state index in [2.05, 4.69) is 103 Å². The van der Waals surface area contributed by atoms with Crippen LogP contribution in [0, 0.1) is 0 Å². The summed E-state index contributed by atoms with van der Waals surface area (Å²) < 4.78 is 4.34. The van der Waals surface area contributed by atoms with Crippen molar-refractivity contribution < 1.29 is 9.13 Å². The number of hydrogen-bond donors (Lipinski definition) is 1. The van der Waals surface area contributed by atoms with Crippen molar-refractivity contribution in [2.45, 2.75) is 39.3 Å². The molecule has 0 radical (unpaired) electrons. The molecule has 0 fully saturated rings. The molecule has 0 saturated carbocycles. The Labute approximate surface area is 167 Å². The third-order valence-electron chi connectivity index (χ3n) is 5.54. The van der Waals surface area contributed by atoms with E-state index in [0.29, 0.717) is 0 Å². The lowest BCUT2D eigenvalue weighted by Crippen LogP contribution is -2.44. The molecule has 0 spiro atoms. The van der Waals surface area contributed by atoms with E-state index in [0.717, 1.165) is 17.2 Å². The maximum atomic E-state index is 4.32. The number of aromatic nitrogens is 3. The first-order chi connectivity index (χ1) is 13.3. The largest absolute Gasteiger partial charge is 0.344 e. The summed E-state index contributed by atoms with van der Waals surface area (Å²) in [5, 5.41) is 3.62. The molecule has 0 saturated heterocycles. The maximum Gasteiger partial charge on any atom is 0.283 e. The molecule has 5 nitrogen and oxygen atoms in total. The van der Waals surface area contributed by atoms with Crippen molar-refractivity contribution in [1.82, 2.24) is 4.98 Å². The quantitative estimate of drug-likeness (QED) is 0.695. The number of fused-ring (bicyclic) bond motifs is 1. The van der Waals surface area contributed by atoms with Crippen molar-refractivity contribution in [3.05, 3.63) is 60.6 Å². The monoisotopic (exact) mass is 375 g/mol. The molecular formula is C23H29N5+2. The standard InChI is InChI=1S/C23H28N5/c1-16-25-18-11-10-17(23(2,3)4)14-20(18)28(16)22-9-7-8-19(27(22)6)21-15-24-12-13-26(21)5/h7-16H,1-6H3/q+1/p+1/t16-/m1/s1. The summed E-state index contributed by atoms with van der Waals surface area (Å²) >= 11 is 0. The minimum Gasteiger partial charge on any atom is -0.344 e. The maximum absolute atomic E-state index is 4.32. The van der Waals surface area contributed by atoms with Gasteiger partial charge in [0.15, 0.2) is 18.1 Å². The average molecular weight is 376 g/mol. The van der Waals surface area contributed by atoms with Crippen LogP contribution in [0.3, 0.4) is 0 Å². The molecule has 28 heavy (non-hydrogen) atoms. The van der Waals surface area contributed by atoms with Gasteiger partial charge in [0, 0.05) is 6.07 Å². The predicted molar refractivity (Wildman–Crippen MR) is 112 cm³/mol. The van der Waals surface area contributed by atoms with Gasteiger partial charge in [-0.3, -0.25) is 4.98 Å². The van der Waals surface area contributed by atoms with Gasteiger partial charge in [0.25, 0.3) is 11.5 Å². The number of anilines is 3. The highest BCUT2D eigenvalue weighted by molar-refractivity contribution is 5.81. The number of benzene rings is 1. The SMILES string of the molecule is C[C@@H]1Nc2ccc(C(C)(C)C)cc2N1c1cccc(-c2cncc[n+]2C)[n+]1C. The lowest BCUT2D eigenvalue weighted by molar-refractivity contribution is -0.685. The first kappa shape index (κ1) is 18.4. The van der Waals surface area contributed by atoms with Crippen LogP contribution in [0.15, 0.2) is 55.0 Å². The summed E-state index contributed by atoms with van der Waals surface area (Å²) in [5.74, 6) is 1.14. The van der Waals surface area contributed by atoms with Crippen molar-refractivity contribution in [2.75, 3.05) is 10.2 Å². The smallest absolute Gasteiger partial charge is 0.283 e. The van der Waals surface area contributed by atoms with Crippen molar-refractivity contribution in [3.8, 4) is 11.4 Å². The first-order valence-corrected chi connectivity index (χ1v) is 9.77. The number of rotatable bonds is 2. The summed E-state index contributed by atoms with van der Waals surface area (Å²) in [4.78, 5) is 6.70. The third-order valence-corrected chi connectivity index (χ3v) is 5.54. The molecule has 0 unspecified atom stereocenters. The minimum absolute atomic E-state index is 0.111. The molecule has 1 aromatic carbocycles. The second-order valence-corrected chi connectivity index (χ2v) is 8.57. The first-order valence-electron chi connectivity index (χ1n) is 9.77. The van der Waals surface area contributed by atoms with Crippen molar-refractivity contribution in [1.29, 1.82) is 0 Å². The molecule has 0 bridgehead atoms. The Morgan fingerprint density at radius 1 is 1.07 bits per heavy atom. The van der Waals surface area contributed by atoms with Crippen molar-refractivity contribution >= 4 is 17.2 Å². The Hall–Kier alpha value is -2.95. The van der Waals surface area contributed by atoms with Gasteiger partial charge < -0.3 is 5.32 Å². The fourth-order valence-electron chi connectivity index (χ4n) is 3.88. The molecule has 144 valence electrons. The van der Waals surface area contributed by atoms with E-state index >= 15 is 0 Å². The Morgan fingerprint density at radius 3 is 2.57 bits per heavy atom. The summed E-state index contributed by atoms with van der Waals surface area (Å²) in [6.45, 7) is 8.98. The number of aryl methyl sites for hydroxylation is 1. The second-order valence-electron chi connectivity index (χ2n) is 8.57. The fraction of sp³-hybridized carbons (Fsp3) is 0.348. The Balaban J connectivity index is 1.86. The van der Waals surface area contributed by atoms with E-state index in [4.69, 9.17) is 0 Å².